The molecule has 1 aromatic rings. The molecule has 0 radical (unpaired) electrons. The first kappa shape index (κ1) is 12.5. The monoisotopic (exact) mass is 255 g/mol. The van der Waals surface area contributed by atoms with Crippen LogP contribution in [0.5, 0.6) is 0 Å². The summed E-state index contributed by atoms with van der Waals surface area (Å²) in [7, 11) is 1.64. The topological polar surface area (TPSA) is 42.7 Å². The fraction of sp³-hybridized carbons (Fsp3) is 0.583. The number of carbonyl (C=O) groups excluding carboxylic acids is 1. The Morgan fingerprint density at radius 3 is 2.94 bits per heavy atom. The molecule has 1 atom stereocenters. The molecular weight excluding hydrogens is 238 g/mol. The minimum atomic E-state index is 0.00468. The summed E-state index contributed by atoms with van der Waals surface area (Å²) >= 11 is 1.61. The molecule has 1 aliphatic heterocycles. The molecule has 94 valence electrons. The second-order valence-corrected chi connectivity index (χ2v) is 5.20. The molecule has 1 aromatic heterocycles. The van der Waals surface area contributed by atoms with Crippen molar-refractivity contribution in [1.29, 1.82) is 0 Å². The van der Waals surface area contributed by atoms with Crippen molar-refractivity contribution in [3.8, 4) is 0 Å². The summed E-state index contributed by atoms with van der Waals surface area (Å²) in [6.45, 7) is 5.14. The van der Waals surface area contributed by atoms with E-state index in [-0.39, 0.29) is 11.3 Å². The summed E-state index contributed by atoms with van der Waals surface area (Å²) in [5, 5.41) is 0.00468. The average molecular weight is 255 g/mol. The number of carbonyl (C=O) groups is 1. The predicted molar refractivity (Wildman–Crippen MR) is 67.0 cm³/mol. The molecule has 1 amide bonds. The Morgan fingerprint density at radius 1 is 1.59 bits per heavy atom. The van der Waals surface area contributed by atoms with E-state index in [0.717, 1.165) is 17.1 Å². The van der Waals surface area contributed by atoms with Crippen molar-refractivity contribution in [2.45, 2.75) is 19.2 Å². The van der Waals surface area contributed by atoms with E-state index in [9.17, 15) is 4.79 Å². The van der Waals surface area contributed by atoms with Gasteiger partial charge < -0.3 is 14.1 Å². The summed E-state index contributed by atoms with van der Waals surface area (Å²) in [6, 6.07) is 2.02. The number of rotatable bonds is 4. The predicted octanol–water partition coefficient (Wildman–Crippen LogP) is 2.12. The molecule has 2 heterocycles. The highest BCUT2D eigenvalue weighted by atomic mass is 32.2. The molecule has 17 heavy (non-hydrogen) atoms. The Labute approximate surface area is 105 Å². The van der Waals surface area contributed by atoms with E-state index in [1.54, 1.807) is 18.9 Å². The molecule has 0 aliphatic carbocycles. The molecule has 4 nitrogen and oxygen atoms in total. The Bertz CT molecular complexity index is 396. The molecule has 1 saturated heterocycles. The first-order valence-electron chi connectivity index (χ1n) is 5.60. The van der Waals surface area contributed by atoms with Crippen LogP contribution in [-0.4, -0.2) is 36.8 Å². The second-order valence-electron chi connectivity index (χ2n) is 4.13. The second kappa shape index (κ2) is 5.14. The summed E-state index contributed by atoms with van der Waals surface area (Å²) in [5.74, 6) is 2.47. The third-order valence-corrected chi connectivity index (χ3v) is 4.15. The quantitative estimate of drug-likeness (QED) is 0.826. The van der Waals surface area contributed by atoms with Gasteiger partial charge in [0.2, 0.25) is 5.91 Å². The van der Waals surface area contributed by atoms with E-state index < -0.39 is 0 Å². The number of amides is 1. The van der Waals surface area contributed by atoms with Crippen LogP contribution in [-0.2, 0) is 9.53 Å². The van der Waals surface area contributed by atoms with E-state index in [4.69, 9.17) is 9.15 Å². The first-order valence-corrected chi connectivity index (χ1v) is 6.65. The van der Waals surface area contributed by atoms with Crippen LogP contribution in [0.3, 0.4) is 0 Å². The zero-order valence-corrected chi connectivity index (χ0v) is 11.2. The molecule has 5 heteroatoms. The van der Waals surface area contributed by atoms with Gasteiger partial charge in [0.25, 0.3) is 0 Å². The fourth-order valence-corrected chi connectivity index (χ4v) is 2.99. The zero-order chi connectivity index (χ0) is 12.4. The van der Waals surface area contributed by atoms with Crippen LogP contribution in [0.4, 0.5) is 0 Å². The van der Waals surface area contributed by atoms with Crippen molar-refractivity contribution in [2.24, 2.45) is 0 Å². The molecule has 0 aromatic carbocycles. The zero-order valence-electron chi connectivity index (χ0n) is 10.4. The van der Waals surface area contributed by atoms with Crippen LogP contribution in [0.15, 0.2) is 10.5 Å². The standard InChI is InChI=1S/C12H17NO3S/c1-8-6-10(16-9(8)2)12-13(4-5-15-3)11(14)7-17-12/h6,12H,4-5,7H2,1-3H3. The van der Waals surface area contributed by atoms with Crippen LogP contribution in [0.2, 0.25) is 0 Å². The van der Waals surface area contributed by atoms with Gasteiger partial charge in [-0.2, -0.15) is 0 Å². The maximum atomic E-state index is 11.8. The van der Waals surface area contributed by atoms with Gasteiger partial charge in [0.1, 0.15) is 16.9 Å². The fourth-order valence-electron chi connectivity index (χ4n) is 1.84. The SMILES string of the molecule is COCCN1C(=O)CSC1c1cc(C)c(C)o1. The van der Waals surface area contributed by atoms with Crippen LogP contribution < -0.4 is 0 Å². The third-order valence-electron chi connectivity index (χ3n) is 2.93. The van der Waals surface area contributed by atoms with Gasteiger partial charge in [0.15, 0.2) is 0 Å². The Morgan fingerprint density at radius 2 is 2.35 bits per heavy atom. The maximum Gasteiger partial charge on any atom is 0.234 e. The van der Waals surface area contributed by atoms with Gasteiger partial charge in [0.05, 0.1) is 12.4 Å². The lowest BCUT2D eigenvalue weighted by Gasteiger charge is -2.21. The number of hydrogen-bond acceptors (Lipinski definition) is 4. The van der Waals surface area contributed by atoms with Gasteiger partial charge in [-0.3, -0.25) is 4.79 Å². The third kappa shape index (κ3) is 2.50. The molecule has 0 saturated carbocycles. The highest BCUT2D eigenvalue weighted by Gasteiger charge is 2.34. The average Bonchev–Trinajstić information content (AvgIpc) is 2.81. The number of nitrogens with zero attached hydrogens (tertiary/aromatic N) is 1. The maximum absolute atomic E-state index is 11.8. The molecule has 0 spiro atoms. The number of hydrogen-bond donors (Lipinski definition) is 0. The van der Waals surface area contributed by atoms with Crippen molar-refractivity contribution in [1.82, 2.24) is 4.90 Å². The van der Waals surface area contributed by atoms with Gasteiger partial charge in [-0.15, -0.1) is 11.8 Å². The van der Waals surface area contributed by atoms with Crippen LogP contribution in [0, 0.1) is 13.8 Å². The van der Waals surface area contributed by atoms with Gasteiger partial charge in [0, 0.05) is 13.7 Å². The van der Waals surface area contributed by atoms with E-state index in [0.29, 0.717) is 18.9 Å². The number of methoxy groups -OCH3 is 1. The lowest BCUT2D eigenvalue weighted by atomic mass is 10.3. The van der Waals surface area contributed by atoms with Crippen molar-refractivity contribution >= 4 is 17.7 Å². The Kier molecular flexibility index (Phi) is 3.79. The molecule has 1 fully saturated rings. The van der Waals surface area contributed by atoms with Crippen molar-refractivity contribution < 1.29 is 13.9 Å². The molecule has 1 aliphatic rings. The molecule has 1 unspecified atom stereocenters. The Balaban J connectivity index is 2.16. The van der Waals surface area contributed by atoms with Crippen molar-refractivity contribution in [2.75, 3.05) is 26.0 Å². The van der Waals surface area contributed by atoms with E-state index in [2.05, 4.69) is 0 Å². The largest absolute Gasteiger partial charge is 0.463 e. The molecule has 0 bridgehead atoms. The summed E-state index contributed by atoms with van der Waals surface area (Å²) in [6.07, 6.45) is 0. The number of ether oxygens (including phenoxy) is 1. The van der Waals surface area contributed by atoms with E-state index >= 15 is 0 Å². The lowest BCUT2D eigenvalue weighted by molar-refractivity contribution is -0.128. The number of thioether (sulfide) groups is 1. The number of aryl methyl sites for hydroxylation is 2. The van der Waals surface area contributed by atoms with E-state index in [1.807, 2.05) is 24.8 Å². The summed E-state index contributed by atoms with van der Waals surface area (Å²) in [5.41, 5.74) is 1.13. The molecular formula is C12H17NO3S. The van der Waals surface area contributed by atoms with Crippen molar-refractivity contribution in [3.05, 3.63) is 23.2 Å². The van der Waals surface area contributed by atoms with Crippen LogP contribution in [0.25, 0.3) is 0 Å². The van der Waals surface area contributed by atoms with E-state index in [1.165, 1.54) is 0 Å². The highest BCUT2D eigenvalue weighted by Crippen LogP contribution is 2.39. The van der Waals surface area contributed by atoms with Crippen LogP contribution >= 0.6 is 11.8 Å². The molecule has 0 N–H and O–H groups in total. The minimum Gasteiger partial charge on any atom is -0.463 e. The number of furan rings is 1. The summed E-state index contributed by atoms with van der Waals surface area (Å²) < 4.78 is 10.7. The van der Waals surface area contributed by atoms with Gasteiger partial charge in [-0.25, -0.2) is 0 Å². The molecule has 2 rings (SSSR count). The smallest absolute Gasteiger partial charge is 0.234 e. The summed E-state index contributed by atoms with van der Waals surface area (Å²) in [4.78, 5) is 13.6. The van der Waals surface area contributed by atoms with Crippen molar-refractivity contribution in [3.63, 3.8) is 0 Å². The first-order chi connectivity index (χ1) is 8.13. The van der Waals surface area contributed by atoms with Gasteiger partial charge in [-0.1, -0.05) is 0 Å². The normalized spacial score (nSPS) is 20.3. The minimum absolute atomic E-state index is 0.00468. The highest BCUT2D eigenvalue weighted by molar-refractivity contribution is 8.00. The van der Waals surface area contributed by atoms with Gasteiger partial charge >= 0.3 is 0 Å². The van der Waals surface area contributed by atoms with Gasteiger partial charge in [-0.05, 0) is 25.5 Å². The van der Waals surface area contributed by atoms with Crippen LogP contribution in [0.1, 0.15) is 22.5 Å². The Hall–Kier alpha value is -0.940. The lowest BCUT2D eigenvalue weighted by Crippen LogP contribution is -2.31.